The number of anilines is 2. The number of aryl methyl sites for hydroxylation is 2. The summed E-state index contributed by atoms with van der Waals surface area (Å²) in [6, 6.07) is 15.6. The molecule has 6 heteroatoms. The van der Waals surface area contributed by atoms with Gasteiger partial charge in [-0.1, -0.05) is 88.8 Å². The number of unbranched alkanes of at least 4 members (excludes halogenated alkanes) is 8. The normalized spacial score (nSPS) is 10.9. The maximum Gasteiger partial charge on any atom is 0.411 e. The minimum atomic E-state index is -0.940. The molecule has 0 aromatic heterocycles. The second-order valence-corrected chi connectivity index (χ2v) is 9.81. The molecule has 37 heavy (non-hydrogen) atoms. The van der Waals surface area contributed by atoms with E-state index in [2.05, 4.69) is 13.8 Å². The molecule has 6 nitrogen and oxygen atoms in total. The van der Waals surface area contributed by atoms with E-state index in [1.54, 1.807) is 0 Å². The van der Waals surface area contributed by atoms with Crippen molar-refractivity contribution in [3.8, 4) is 0 Å². The molecule has 2 amide bonds. The van der Waals surface area contributed by atoms with Crippen molar-refractivity contribution in [3.63, 3.8) is 0 Å². The van der Waals surface area contributed by atoms with Crippen LogP contribution in [0.3, 0.4) is 0 Å². The number of amides is 2. The number of carboxylic acid groups (broad SMARTS) is 2. The van der Waals surface area contributed by atoms with Crippen molar-refractivity contribution in [2.45, 2.75) is 97.3 Å². The molecule has 0 saturated carbocycles. The Labute approximate surface area is 223 Å². The number of nitrogens with zero attached hydrogens (tertiary/aromatic N) is 2. The molecule has 0 bridgehead atoms. The lowest BCUT2D eigenvalue weighted by Gasteiger charge is -2.24. The molecule has 0 radical (unpaired) electrons. The second kappa shape index (κ2) is 17.4. The van der Waals surface area contributed by atoms with Gasteiger partial charge in [0, 0.05) is 13.1 Å². The largest absolute Gasteiger partial charge is 0.465 e. The zero-order chi connectivity index (χ0) is 26.9. The minimum Gasteiger partial charge on any atom is -0.465 e. The Morgan fingerprint density at radius 3 is 1.32 bits per heavy atom. The topological polar surface area (TPSA) is 81.1 Å². The maximum atomic E-state index is 12.1. The third-order valence-corrected chi connectivity index (χ3v) is 6.89. The molecule has 0 atom stereocenters. The van der Waals surface area contributed by atoms with Gasteiger partial charge in [0.15, 0.2) is 0 Å². The summed E-state index contributed by atoms with van der Waals surface area (Å²) in [4.78, 5) is 27.1. The molecule has 0 saturated heterocycles. The van der Waals surface area contributed by atoms with Gasteiger partial charge in [-0.3, -0.25) is 9.80 Å². The molecular weight excluding hydrogens is 464 g/mol. The quantitative estimate of drug-likeness (QED) is 0.196. The highest BCUT2D eigenvalue weighted by atomic mass is 16.4. The lowest BCUT2D eigenvalue weighted by Crippen LogP contribution is -2.32. The number of para-hydroxylation sites is 2. The molecule has 0 unspecified atom stereocenters. The van der Waals surface area contributed by atoms with Crippen molar-refractivity contribution in [2.24, 2.45) is 0 Å². The number of hydrogen-bond donors (Lipinski definition) is 2. The number of benzene rings is 2. The van der Waals surface area contributed by atoms with E-state index in [0.717, 1.165) is 67.4 Å². The molecule has 0 fully saturated rings. The van der Waals surface area contributed by atoms with Gasteiger partial charge in [-0.25, -0.2) is 9.59 Å². The van der Waals surface area contributed by atoms with E-state index in [1.165, 1.54) is 35.5 Å². The Morgan fingerprint density at radius 1 is 0.568 bits per heavy atom. The molecule has 2 rings (SSSR count). The molecule has 0 spiro atoms. The van der Waals surface area contributed by atoms with Crippen LogP contribution in [0, 0.1) is 0 Å². The summed E-state index contributed by atoms with van der Waals surface area (Å²) in [5, 5.41) is 19.8. The summed E-state index contributed by atoms with van der Waals surface area (Å²) in [7, 11) is 0. The number of rotatable bonds is 18. The Bertz CT molecular complexity index is 871. The van der Waals surface area contributed by atoms with E-state index in [-0.39, 0.29) is 0 Å². The van der Waals surface area contributed by atoms with Gasteiger partial charge in [-0.05, 0) is 68.2 Å². The monoisotopic (exact) mass is 510 g/mol. The van der Waals surface area contributed by atoms with Gasteiger partial charge in [-0.2, -0.15) is 0 Å². The maximum absolute atomic E-state index is 12.1. The van der Waals surface area contributed by atoms with Gasteiger partial charge in [-0.15, -0.1) is 0 Å². The third-order valence-electron chi connectivity index (χ3n) is 6.89. The first kappa shape index (κ1) is 30.2. The summed E-state index contributed by atoms with van der Waals surface area (Å²) >= 11 is 0. The van der Waals surface area contributed by atoms with Crippen molar-refractivity contribution < 1.29 is 19.8 Å². The molecule has 0 heterocycles. The minimum absolute atomic E-state index is 0.405. The van der Waals surface area contributed by atoms with E-state index in [4.69, 9.17) is 0 Å². The first-order valence-corrected chi connectivity index (χ1v) is 14.2. The smallest absolute Gasteiger partial charge is 0.411 e. The Balaban J connectivity index is 1.93. The van der Waals surface area contributed by atoms with Gasteiger partial charge in [0.2, 0.25) is 0 Å². The number of carbonyl (C=O) groups is 2. The van der Waals surface area contributed by atoms with Gasteiger partial charge in [0.05, 0.1) is 11.4 Å². The molecule has 204 valence electrons. The Kier molecular flexibility index (Phi) is 14.2. The number of hydrogen-bond acceptors (Lipinski definition) is 2. The summed E-state index contributed by atoms with van der Waals surface area (Å²) in [5.74, 6) is 0. The molecule has 2 aromatic carbocycles. The average molecular weight is 511 g/mol. The van der Waals surface area contributed by atoms with Crippen LogP contribution in [0.5, 0.6) is 0 Å². The molecule has 0 aliphatic rings. The fourth-order valence-electron chi connectivity index (χ4n) is 4.81. The average Bonchev–Trinajstić information content (AvgIpc) is 2.89. The summed E-state index contributed by atoms with van der Waals surface area (Å²) in [6.45, 7) is 5.18. The summed E-state index contributed by atoms with van der Waals surface area (Å²) in [6.07, 6.45) is 11.2. The van der Waals surface area contributed by atoms with Crippen LogP contribution in [0.15, 0.2) is 48.5 Å². The van der Waals surface area contributed by atoms with Crippen molar-refractivity contribution in [1.29, 1.82) is 0 Å². The molecule has 2 aromatic rings. The van der Waals surface area contributed by atoms with Crippen molar-refractivity contribution >= 4 is 23.6 Å². The molecule has 2 N–H and O–H groups in total. The van der Waals surface area contributed by atoms with Gasteiger partial charge >= 0.3 is 12.2 Å². The van der Waals surface area contributed by atoms with Gasteiger partial charge in [0.25, 0.3) is 0 Å². The first-order chi connectivity index (χ1) is 18.0. The lowest BCUT2D eigenvalue weighted by molar-refractivity contribution is 0.201. The highest BCUT2D eigenvalue weighted by Crippen LogP contribution is 2.25. The van der Waals surface area contributed by atoms with Crippen LogP contribution in [-0.2, 0) is 12.8 Å². The summed E-state index contributed by atoms with van der Waals surface area (Å²) < 4.78 is 0. The molecule has 0 aliphatic heterocycles. The molecule has 0 aliphatic carbocycles. The standard InChI is InChI=1S/C31H46N2O4/c1-3-5-7-10-18-26-20-12-14-22-28(26)32(30(34)35)24-16-9-17-25-33(31(36)37)29-23-15-13-21-27(29)19-11-8-6-4-2/h12-15,20-23H,3-11,16-19,24-25H2,1-2H3,(H,34,35)(H,36,37). The first-order valence-electron chi connectivity index (χ1n) is 14.2. The zero-order valence-electron chi connectivity index (χ0n) is 22.8. The van der Waals surface area contributed by atoms with Crippen LogP contribution < -0.4 is 9.80 Å². The van der Waals surface area contributed by atoms with Crippen LogP contribution in [0.25, 0.3) is 0 Å². The van der Waals surface area contributed by atoms with Crippen LogP contribution in [-0.4, -0.2) is 35.5 Å². The van der Waals surface area contributed by atoms with E-state index >= 15 is 0 Å². The highest BCUT2D eigenvalue weighted by Gasteiger charge is 2.19. The van der Waals surface area contributed by atoms with Crippen molar-refractivity contribution in [2.75, 3.05) is 22.9 Å². The van der Waals surface area contributed by atoms with Crippen LogP contribution in [0.2, 0.25) is 0 Å². The second-order valence-electron chi connectivity index (χ2n) is 9.81. The Morgan fingerprint density at radius 2 is 0.946 bits per heavy atom. The molecular formula is C31H46N2O4. The van der Waals surface area contributed by atoms with E-state index < -0.39 is 12.2 Å². The predicted octanol–water partition coefficient (Wildman–Crippen LogP) is 8.77. The van der Waals surface area contributed by atoms with E-state index in [0.29, 0.717) is 25.9 Å². The lowest BCUT2D eigenvalue weighted by atomic mass is 10.0. The van der Waals surface area contributed by atoms with E-state index in [1.807, 2.05) is 48.5 Å². The van der Waals surface area contributed by atoms with Gasteiger partial charge < -0.3 is 10.2 Å². The summed E-state index contributed by atoms with van der Waals surface area (Å²) in [5.41, 5.74) is 3.70. The fourth-order valence-corrected chi connectivity index (χ4v) is 4.81. The zero-order valence-corrected chi connectivity index (χ0v) is 22.8. The third kappa shape index (κ3) is 10.5. The van der Waals surface area contributed by atoms with Crippen LogP contribution in [0.1, 0.15) is 95.6 Å². The van der Waals surface area contributed by atoms with Crippen molar-refractivity contribution in [3.05, 3.63) is 59.7 Å². The van der Waals surface area contributed by atoms with Gasteiger partial charge in [0.1, 0.15) is 0 Å². The van der Waals surface area contributed by atoms with Crippen LogP contribution in [0.4, 0.5) is 21.0 Å². The predicted molar refractivity (Wildman–Crippen MR) is 153 cm³/mol. The SMILES string of the molecule is CCCCCCc1ccccc1N(CCCCCN(C(=O)O)c1ccccc1CCCCCC)C(=O)O. The fraction of sp³-hybridized carbons (Fsp3) is 0.548. The van der Waals surface area contributed by atoms with Crippen LogP contribution >= 0.6 is 0 Å². The highest BCUT2D eigenvalue weighted by molar-refractivity contribution is 5.87. The van der Waals surface area contributed by atoms with Crippen molar-refractivity contribution in [1.82, 2.24) is 0 Å². The van der Waals surface area contributed by atoms with E-state index in [9.17, 15) is 19.8 Å². The Hall–Kier alpha value is -3.02.